The summed E-state index contributed by atoms with van der Waals surface area (Å²) in [5.41, 5.74) is 6.17. The number of phenols is 1. The van der Waals surface area contributed by atoms with Crippen molar-refractivity contribution in [2.24, 2.45) is 5.73 Å². The van der Waals surface area contributed by atoms with Crippen LogP contribution in [0.3, 0.4) is 0 Å². The van der Waals surface area contributed by atoms with Crippen molar-refractivity contribution in [3.05, 3.63) is 23.8 Å². The number of phenolic OH excluding ortho intramolecular Hbond substituents is 1. The van der Waals surface area contributed by atoms with Crippen LogP contribution in [0.15, 0.2) is 18.2 Å². The van der Waals surface area contributed by atoms with Crippen LogP contribution in [0.1, 0.15) is 18.0 Å². The van der Waals surface area contributed by atoms with E-state index in [0.29, 0.717) is 11.3 Å². The minimum absolute atomic E-state index is 0.0466. The van der Waals surface area contributed by atoms with Crippen LogP contribution < -0.4 is 10.5 Å². The summed E-state index contributed by atoms with van der Waals surface area (Å²) in [5.74, 6) is 0.538. The summed E-state index contributed by atoms with van der Waals surface area (Å²) in [5, 5.41) is 9.54. The summed E-state index contributed by atoms with van der Waals surface area (Å²) < 4.78 is 17.1. The molecule has 0 unspecified atom stereocenters. The van der Waals surface area contributed by atoms with Crippen molar-refractivity contribution in [1.29, 1.82) is 0 Å². The number of hydrogen-bond donors (Lipinski definition) is 2. The highest BCUT2D eigenvalue weighted by molar-refractivity contribution is 5.45. The van der Waals surface area contributed by atoms with Crippen molar-refractivity contribution in [3.8, 4) is 11.5 Å². The zero-order valence-electron chi connectivity index (χ0n) is 8.03. The van der Waals surface area contributed by atoms with Crippen molar-refractivity contribution < 1.29 is 14.2 Å². The number of hydrogen-bond acceptors (Lipinski definition) is 3. The first kappa shape index (κ1) is 10.8. The number of methoxy groups -OCH3 is 1. The summed E-state index contributed by atoms with van der Waals surface area (Å²) in [7, 11) is 1.49. The average molecular weight is 199 g/mol. The lowest BCUT2D eigenvalue weighted by atomic mass is 10.0. The third-order valence-corrected chi connectivity index (χ3v) is 2.05. The van der Waals surface area contributed by atoms with Crippen LogP contribution in [-0.2, 0) is 0 Å². The Labute approximate surface area is 82.3 Å². The molecule has 14 heavy (non-hydrogen) atoms. The van der Waals surface area contributed by atoms with E-state index in [-0.39, 0.29) is 12.2 Å². The molecule has 78 valence electrons. The lowest BCUT2D eigenvalue weighted by Gasteiger charge is -2.15. The number of alkyl halides is 1. The second-order valence-electron chi connectivity index (χ2n) is 2.98. The van der Waals surface area contributed by atoms with Gasteiger partial charge in [0.1, 0.15) is 11.5 Å². The Bertz CT molecular complexity index is 304. The highest BCUT2D eigenvalue weighted by atomic mass is 19.1. The van der Waals surface area contributed by atoms with E-state index in [9.17, 15) is 9.50 Å². The van der Waals surface area contributed by atoms with Gasteiger partial charge in [-0.15, -0.1) is 0 Å². The van der Waals surface area contributed by atoms with Crippen LogP contribution in [0.5, 0.6) is 11.5 Å². The molecule has 3 nitrogen and oxygen atoms in total. The Morgan fingerprint density at radius 2 is 2.29 bits per heavy atom. The molecule has 0 aliphatic rings. The summed E-state index contributed by atoms with van der Waals surface area (Å²) in [6.07, 6.45) is 0.175. The van der Waals surface area contributed by atoms with E-state index in [0.717, 1.165) is 0 Å². The molecule has 0 saturated heterocycles. The summed E-state index contributed by atoms with van der Waals surface area (Å²) >= 11 is 0. The van der Waals surface area contributed by atoms with Gasteiger partial charge in [-0.2, -0.15) is 0 Å². The topological polar surface area (TPSA) is 55.5 Å². The average Bonchev–Trinajstić information content (AvgIpc) is 2.17. The van der Waals surface area contributed by atoms with Crippen LogP contribution in [0, 0.1) is 0 Å². The quantitative estimate of drug-likeness (QED) is 0.776. The van der Waals surface area contributed by atoms with Crippen molar-refractivity contribution in [2.75, 3.05) is 13.8 Å². The number of nitrogens with two attached hydrogens (primary N) is 1. The van der Waals surface area contributed by atoms with E-state index in [1.165, 1.54) is 13.2 Å². The minimum atomic E-state index is -0.531. The highest BCUT2D eigenvalue weighted by Crippen LogP contribution is 2.33. The zero-order chi connectivity index (χ0) is 10.6. The maximum atomic E-state index is 12.1. The molecular formula is C10H14FNO2. The smallest absolute Gasteiger partial charge is 0.127 e. The van der Waals surface area contributed by atoms with Crippen molar-refractivity contribution in [1.82, 2.24) is 0 Å². The molecule has 3 N–H and O–H groups in total. The Morgan fingerprint density at radius 3 is 2.86 bits per heavy atom. The van der Waals surface area contributed by atoms with E-state index in [1.807, 2.05) is 0 Å². The standard InChI is InChI=1S/C10H14FNO2/c1-14-9-4-2-3-8(13)10(9)7(12)5-6-11/h2-4,7,13H,5-6,12H2,1H3/t7-/m0/s1. The Hall–Kier alpha value is -1.29. The maximum Gasteiger partial charge on any atom is 0.127 e. The lowest BCUT2D eigenvalue weighted by molar-refractivity contribution is 0.381. The van der Waals surface area contributed by atoms with Crippen LogP contribution in [0.4, 0.5) is 4.39 Å². The molecule has 0 spiro atoms. The molecule has 1 atom stereocenters. The van der Waals surface area contributed by atoms with Crippen molar-refractivity contribution >= 4 is 0 Å². The molecule has 0 aromatic heterocycles. The molecule has 0 heterocycles. The van der Waals surface area contributed by atoms with Crippen LogP contribution >= 0.6 is 0 Å². The van der Waals surface area contributed by atoms with Gasteiger partial charge in [0.05, 0.1) is 19.3 Å². The summed E-state index contributed by atoms with van der Waals surface area (Å²) in [6.45, 7) is -0.515. The van der Waals surface area contributed by atoms with E-state index in [1.54, 1.807) is 12.1 Å². The fourth-order valence-electron chi connectivity index (χ4n) is 1.34. The Kier molecular flexibility index (Phi) is 3.71. The summed E-state index contributed by atoms with van der Waals surface area (Å²) in [6, 6.07) is 4.32. The second kappa shape index (κ2) is 4.81. The van der Waals surface area contributed by atoms with Gasteiger partial charge in [0.25, 0.3) is 0 Å². The number of halogens is 1. The van der Waals surface area contributed by atoms with Gasteiger partial charge in [0.15, 0.2) is 0 Å². The van der Waals surface area contributed by atoms with E-state index in [4.69, 9.17) is 10.5 Å². The van der Waals surface area contributed by atoms with E-state index < -0.39 is 12.7 Å². The van der Waals surface area contributed by atoms with Crippen LogP contribution in [0.2, 0.25) is 0 Å². The summed E-state index contributed by atoms with van der Waals surface area (Å²) in [4.78, 5) is 0. The maximum absolute atomic E-state index is 12.1. The molecule has 1 aromatic rings. The lowest BCUT2D eigenvalue weighted by Crippen LogP contribution is -2.12. The molecule has 0 radical (unpaired) electrons. The molecule has 4 heteroatoms. The normalized spacial score (nSPS) is 12.5. The van der Waals surface area contributed by atoms with Gasteiger partial charge in [-0.3, -0.25) is 4.39 Å². The second-order valence-corrected chi connectivity index (χ2v) is 2.98. The molecule has 0 saturated carbocycles. The van der Waals surface area contributed by atoms with Crippen molar-refractivity contribution in [3.63, 3.8) is 0 Å². The molecular weight excluding hydrogens is 185 g/mol. The number of aromatic hydroxyl groups is 1. The molecule has 0 aliphatic carbocycles. The Balaban J connectivity index is 3.03. The van der Waals surface area contributed by atoms with Gasteiger partial charge < -0.3 is 15.6 Å². The third kappa shape index (κ3) is 2.14. The Morgan fingerprint density at radius 1 is 1.57 bits per heavy atom. The molecule has 0 aliphatic heterocycles. The van der Waals surface area contributed by atoms with Crippen LogP contribution in [0.25, 0.3) is 0 Å². The number of rotatable bonds is 4. The SMILES string of the molecule is COc1cccc(O)c1[C@@H](N)CCF. The number of benzene rings is 1. The monoisotopic (exact) mass is 199 g/mol. The number of ether oxygens (including phenoxy) is 1. The highest BCUT2D eigenvalue weighted by Gasteiger charge is 2.15. The van der Waals surface area contributed by atoms with Gasteiger partial charge in [0.2, 0.25) is 0 Å². The van der Waals surface area contributed by atoms with Gasteiger partial charge >= 0.3 is 0 Å². The first-order chi connectivity index (χ1) is 6.70. The van der Waals surface area contributed by atoms with Gasteiger partial charge in [-0.25, -0.2) is 0 Å². The van der Waals surface area contributed by atoms with Gasteiger partial charge in [0, 0.05) is 6.04 Å². The fraction of sp³-hybridized carbons (Fsp3) is 0.400. The zero-order valence-corrected chi connectivity index (χ0v) is 8.03. The van der Waals surface area contributed by atoms with E-state index >= 15 is 0 Å². The van der Waals surface area contributed by atoms with Crippen LogP contribution in [-0.4, -0.2) is 18.9 Å². The largest absolute Gasteiger partial charge is 0.507 e. The van der Waals surface area contributed by atoms with Gasteiger partial charge in [-0.05, 0) is 18.6 Å². The first-order valence-corrected chi connectivity index (χ1v) is 4.38. The predicted molar refractivity (Wildman–Crippen MR) is 52.2 cm³/mol. The van der Waals surface area contributed by atoms with Crippen molar-refractivity contribution in [2.45, 2.75) is 12.5 Å². The molecule has 0 amide bonds. The molecule has 0 bridgehead atoms. The van der Waals surface area contributed by atoms with Gasteiger partial charge in [-0.1, -0.05) is 6.07 Å². The molecule has 1 rings (SSSR count). The predicted octanol–water partition coefficient (Wildman–Crippen LogP) is 1.76. The third-order valence-electron chi connectivity index (χ3n) is 2.05. The van der Waals surface area contributed by atoms with E-state index in [2.05, 4.69) is 0 Å². The minimum Gasteiger partial charge on any atom is -0.507 e. The molecule has 1 aromatic carbocycles. The molecule has 0 fully saturated rings. The fourth-order valence-corrected chi connectivity index (χ4v) is 1.34. The first-order valence-electron chi connectivity index (χ1n) is 4.38.